The van der Waals surface area contributed by atoms with Crippen molar-refractivity contribution >= 4 is 27.1 Å². The van der Waals surface area contributed by atoms with Crippen LogP contribution in [0.15, 0.2) is 47.8 Å². The summed E-state index contributed by atoms with van der Waals surface area (Å²) in [4.78, 5) is 4.84. The lowest BCUT2D eigenvalue weighted by molar-refractivity contribution is 0.141. The monoisotopic (exact) mass is 396 g/mol. The van der Waals surface area contributed by atoms with E-state index in [4.69, 9.17) is 4.74 Å². The normalized spacial score (nSPS) is 16.5. The molecule has 1 aromatic heterocycles. The first kappa shape index (κ1) is 19.2. The van der Waals surface area contributed by atoms with Gasteiger partial charge in [-0.15, -0.1) is 11.3 Å². The van der Waals surface area contributed by atoms with E-state index in [1.165, 1.54) is 21.3 Å². The van der Waals surface area contributed by atoms with Crippen LogP contribution in [0.25, 0.3) is 10.1 Å². The molecule has 1 aliphatic rings. The van der Waals surface area contributed by atoms with Crippen LogP contribution in [0, 0.1) is 6.92 Å². The fourth-order valence-electron chi connectivity index (χ4n) is 3.98. The predicted octanol–water partition coefficient (Wildman–Crippen LogP) is 4.46. The molecule has 0 saturated carbocycles. The number of anilines is 1. The topological polar surface area (TPSA) is 35.9 Å². The van der Waals surface area contributed by atoms with Crippen LogP contribution in [-0.2, 0) is 0 Å². The van der Waals surface area contributed by atoms with Crippen LogP contribution in [0.5, 0.6) is 5.75 Å². The quantitative estimate of drug-likeness (QED) is 0.667. The Kier molecular flexibility index (Phi) is 5.85. The van der Waals surface area contributed by atoms with Crippen molar-refractivity contribution in [1.82, 2.24) is 4.90 Å². The first-order valence-electron chi connectivity index (χ1n) is 9.92. The maximum atomic E-state index is 10.8. The van der Waals surface area contributed by atoms with E-state index in [0.29, 0.717) is 0 Å². The molecule has 2 heterocycles. The first-order valence-corrected chi connectivity index (χ1v) is 10.8. The summed E-state index contributed by atoms with van der Waals surface area (Å²) in [6, 6.07) is 14.7. The number of hydrogen-bond donors (Lipinski definition) is 1. The number of benzene rings is 2. The highest BCUT2D eigenvalue weighted by Gasteiger charge is 2.21. The molecular weight excluding hydrogens is 368 g/mol. The Labute approximate surface area is 171 Å². The van der Waals surface area contributed by atoms with Gasteiger partial charge in [0.1, 0.15) is 5.75 Å². The third-order valence-electron chi connectivity index (χ3n) is 5.63. The third-order valence-corrected chi connectivity index (χ3v) is 6.62. The molecule has 5 heteroatoms. The average Bonchev–Trinajstić information content (AvgIpc) is 3.15. The lowest BCUT2D eigenvalue weighted by Gasteiger charge is -2.36. The van der Waals surface area contributed by atoms with Gasteiger partial charge in [-0.2, -0.15) is 0 Å². The Hall–Kier alpha value is -2.08. The second kappa shape index (κ2) is 8.52. The van der Waals surface area contributed by atoms with Crippen molar-refractivity contribution in [2.45, 2.75) is 19.4 Å². The number of piperazine rings is 1. The Morgan fingerprint density at radius 1 is 1.11 bits per heavy atom. The van der Waals surface area contributed by atoms with Gasteiger partial charge in [0.2, 0.25) is 0 Å². The molecule has 1 atom stereocenters. The zero-order valence-corrected chi connectivity index (χ0v) is 17.4. The Morgan fingerprint density at radius 2 is 1.89 bits per heavy atom. The zero-order chi connectivity index (χ0) is 19.5. The molecule has 1 fully saturated rings. The molecule has 3 aromatic rings. The summed E-state index contributed by atoms with van der Waals surface area (Å²) in [7, 11) is 1.73. The van der Waals surface area contributed by atoms with Gasteiger partial charge < -0.3 is 14.7 Å². The Balaban J connectivity index is 1.33. The van der Waals surface area contributed by atoms with Gasteiger partial charge in [0.15, 0.2) is 0 Å². The molecule has 1 N–H and O–H groups in total. The van der Waals surface area contributed by atoms with Gasteiger partial charge in [0, 0.05) is 37.4 Å². The van der Waals surface area contributed by atoms with Gasteiger partial charge in [-0.1, -0.05) is 29.8 Å². The van der Waals surface area contributed by atoms with E-state index in [1.54, 1.807) is 18.4 Å². The molecule has 2 aromatic carbocycles. The van der Waals surface area contributed by atoms with Crippen molar-refractivity contribution in [3.05, 3.63) is 59.0 Å². The van der Waals surface area contributed by atoms with E-state index in [1.807, 2.05) is 12.1 Å². The molecule has 1 saturated heterocycles. The SMILES string of the molecule is COc1ccccc1N1CCN(CCC(O)c2csc3ccc(C)cc23)CC1. The van der Waals surface area contributed by atoms with Crippen LogP contribution in [0.4, 0.5) is 5.69 Å². The molecule has 1 unspecified atom stereocenters. The average molecular weight is 397 g/mol. The minimum Gasteiger partial charge on any atom is -0.495 e. The van der Waals surface area contributed by atoms with Crippen molar-refractivity contribution in [2.75, 3.05) is 44.7 Å². The number of para-hydroxylation sites is 2. The molecule has 0 spiro atoms. The summed E-state index contributed by atoms with van der Waals surface area (Å²) < 4.78 is 6.76. The highest BCUT2D eigenvalue weighted by molar-refractivity contribution is 7.17. The smallest absolute Gasteiger partial charge is 0.142 e. The second-order valence-corrected chi connectivity index (χ2v) is 8.41. The van der Waals surface area contributed by atoms with Crippen LogP contribution < -0.4 is 9.64 Å². The van der Waals surface area contributed by atoms with E-state index < -0.39 is 6.10 Å². The van der Waals surface area contributed by atoms with Gasteiger partial charge >= 0.3 is 0 Å². The number of rotatable bonds is 6. The molecule has 4 nitrogen and oxygen atoms in total. The molecule has 0 radical (unpaired) electrons. The van der Waals surface area contributed by atoms with Crippen molar-refractivity contribution in [3.8, 4) is 5.75 Å². The first-order chi connectivity index (χ1) is 13.7. The number of nitrogens with zero attached hydrogens (tertiary/aromatic N) is 2. The number of methoxy groups -OCH3 is 1. The predicted molar refractivity (Wildman–Crippen MR) is 118 cm³/mol. The largest absolute Gasteiger partial charge is 0.495 e. The van der Waals surface area contributed by atoms with Crippen molar-refractivity contribution < 1.29 is 9.84 Å². The van der Waals surface area contributed by atoms with Gasteiger partial charge in [0.25, 0.3) is 0 Å². The number of hydrogen-bond acceptors (Lipinski definition) is 5. The number of aryl methyl sites for hydroxylation is 1. The van der Waals surface area contributed by atoms with Crippen LogP contribution >= 0.6 is 11.3 Å². The van der Waals surface area contributed by atoms with E-state index in [2.05, 4.69) is 52.4 Å². The van der Waals surface area contributed by atoms with Crippen LogP contribution in [0.1, 0.15) is 23.7 Å². The summed E-state index contributed by atoms with van der Waals surface area (Å²) in [5.74, 6) is 0.936. The maximum absolute atomic E-state index is 10.8. The molecule has 0 bridgehead atoms. The van der Waals surface area contributed by atoms with Crippen LogP contribution in [0.2, 0.25) is 0 Å². The Bertz CT molecular complexity index is 931. The summed E-state index contributed by atoms with van der Waals surface area (Å²) in [5.41, 5.74) is 3.49. The van der Waals surface area contributed by atoms with Crippen molar-refractivity contribution in [3.63, 3.8) is 0 Å². The second-order valence-electron chi connectivity index (χ2n) is 7.50. The minimum absolute atomic E-state index is 0.400. The van der Waals surface area contributed by atoms with Crippen LogP contribution in [0.3, 0.4) is 0 Å². The number of aliphatic hydroxyl groups excluding tert-OH is 1. The molecule has 0 aliphatic carbocycles. The van der Waals surface area contributed by atoms with Crippen molar-refractivity contribution in [2.24, 2.45) is 0 Å². The third kappa shape index (κ3) is 4.02. The van der Waals surface area contributed by atoms with Gasteiger partial charge in [-0.05, 0) is 47.9 Å². The number of fused-ring (bicyclic) bond motifs is 1. The number of thiophene rings is 1. The molecular formula is C23H28N2O2S. The van der Waals surface area contributed by atoms with E-state index in [-0.39, 0.29) is 0 Å². The lowest BCUT2D eigenvalue weighted by Crippen LogP contribution is -2.46. The molecule has 1 aliphatic heterocycles. The molecule has 0 amide bonds. The highest BCUT2D eigenvalue weighted by atomic mass is 32.1. The summed E-state index contributed by atoms with van der Waals surface area (Å²) in [6.07, 6.45) is 0.372. The van der Waals surface area contributed by atoms with E-state index in [9.17, 15) is 5.11 Å². The van der Waals surface area contributed by atoms with E-state index in [0.717, 1.165) is 50.5 Å². The van der Waals surface area contributed by atoms with Gasteiger partial charge in [0.05, 0.1) is 18.9 Å². The minimum atomic E-state index is -0.400. The maximum Gasteiger partial charge on any atom is 0.142 e. The zero-order valence-electron chi connectivity index (χ0n) is 16.6. The van der Waals surface area contributed by atoms with Gasteiger partial charge in [-0.3, -0.25) is 4.90 Å². The molecule has 28 heavy (non-hydrogen) atoms. The fraction of sp³-hybridized carbons (Fsp3) is 0.391. The van der Waals surface area contributed by atoms with Crippen molar-refractivity contribution in [1.29, 1.82) is 0 Å². The Morgan fingerprint density at radius 3 is 2.68 bits per heavy atom. The highest BCUT2D eigenvalue weighted by Crippen LogP contribution is 2.33. The summed E-state index contributed by atoms with van der Waals surface area (Å²) >= 11 is 1.72. The summed E-state index contributed by atoms with van der Waals surface area (Å²) in [5, 5.41) is 14.1. The van der Waals surface area contributed by atoms with Gasteiger partial charge in [-0.25, -0.2) is 0 Å². The molecule has 4 rings (SSSR count). The van der Waals surface area contributed by atoms with Crippen LogP contribution in [-0.4, -0.2) is 49.8 Å². The summed E-state index contributed by atoms with van der Waals surface area (Å²) in [6.45, 7) is 7.01. The lowest BCUT2D eigenvalue weighted by atomic mass is 10.0. The number of aliphatic hydroxyl groups is 1. The standard InChI is InChI=1S/C23H28N2O2S/c1-17-7-8-23-18(15-17)19(16-28-23)21(26)9-10-24-11-13-25(14-12-24)20-5-3-4-6-22(20)27-2/h3-8,15-16,21,26H,9-14H2,1-2H3. The number of ether oxygens (including phenoxy) is 1. The molecule has 148 valence electrons. The van der Waals surface area contributed by atoms with E-state index >= 15 is 0 Å². The fourth-order valence-corrected chi connectivity index (χ4v) is 4.97.